The molecule has 3 aromatic rings. The highest BCUT2D eigenvalue weighted by Gasteiger charge is 2.27. The Labute approximate surface area is 234 Å². The van der Waals surface area contributed by atoms with Crippen molar-refractivity contribution < 1.29 is 9.53 Å². The molecule has 2 fully saturated rings. The second kappa shape index (κ2) is 13.2. The van der Waals surface area contributed by atoms with Gasteiger partial charge in [-0.15, -0.1) is 9.24 Å². The number of rotatable bonds is 6. The van der Waals surface area contributed by atoms with E-state index >= 15 is 0 Å². The van der Waals surface area contributed by atoms with Crippen LogP contribution in [0.15, 0.2) is 29.2 Å². The molecule has 2 aliphatic rings. The minimum Gasteiger partial charge on any atom is -0.379 e. The zero-order valence-electron chi connectivity index (χ0n) is 24.0. The number of nitrogens with one attached hydrogen (secondary N) is 3. The molecule has 0 saturated carbocycles. The first-order valence-electron chi connectivity index (χ1n) is 14.1. The molecule has 0 aromatic carbocycles. The average Bonchev–Trinajstić information content (AvgIpc) is 3.37. The van der Waals surface area contributed by atoms with Gasteiger partial charge in [-0.05, 0) is 94.4 Å². The van der Waals surface area contributed by atoms with Crippen molar-refractivity contribution in [1.82, 2.24) is 24.9 Å². The first-order chi connectivity index (χ1) is 18.8. The van der Waals surface area contributed by atoms with E-state index in [2.05, 4.69) is 60.3 Å². The summed E-state index contributed by atoms with van der Waals surface area (Å²) in [6.07, 6.45) is 4.55. The van der Waals surface area contributed by atoms with Crippen molar-refractivity contribution in [2.75, 3.05) is 46.1 Å². The fourth-order valence-corrected chi connectivity index (χ4v) is 6.03. The molecule has 3 N–H and O–H groups in total. The number of carbonyl (C=O) groups excluding carboxylic acids is 1. The van der Waals surface area contributed by atoms with Crippen LogP contribution in [-0.2, 0) is 11.3 Å². The van der Waals surface area contributed by atoms with Crippen molar-refractivity contribution in [3.05, 3.63) is 74.0 Å². The van der Waals surface area contributed by atoms with Crippen LogP contribution in [0.2, 0.25) is 0 Å². The molecule has 0 aliphatic carbocycles. The number of pyridine rings is 2. The molecular formula is C30H44N5O3P. The quantitative estimate of drug-likeness (QED) is 0.404. The first-order valence-corrected chi connectivity index (χ1v) is 15.2. The first kappa shape index (κ1) is 29.5. The molecule has 5 heterocycles. The molecule has 2 saturated heterocycles. The summed E-state index contributed by atoms with van der Waals surface area (Å²) >= 11 is 0. The summed E-state index contributed by atoms with van der Waals surface area (Å²) in [5.74, 6) is 0.376. The third-order valence-electron chi connectivity index (χ3n) is 8.17. The Kier molecular flexibility index (Phi) is 10.00. The number of H-pyrrole nitrogens is 1. The van der Waals surface area contributed by atoms with Crippen LogP contribution in [-0.4, -0.2) is 66.2 Å². The van der Waals surface area contributed by atoms with Gasteiger partial charge in [0.1, 0.15) is 0 Å². The highest BCUT2D eigenvalue weighted by atomic mass is 31.0. The largest absolute Gasteiger partial charge is 0.379 e. The lowest BCUT2D eigenvalue weighted by Crippen LogP contribution is -2.39. The second-order valence-electron chi connectivity index (χ2n) is 10.6. The van der Waals surface area contributed by atoms with E-state index in [1.54, 1.807) is 0 Å². The third kappa shape index (κ3) is 6.46. The van der Waals surface area contributed by atoms with Crippen molar-refractivity contribution in [2.24, 2.45) is 0 Å². The van der Waals surface area contributed by atoms with Gasteiger partial charge in [0.2, 0.25) is 0 Å². The number of aromatic amines is 1. The molecule has 2 aliphatic heterocycles. The van der Waals surface area contributed by atoms with Crippen molar-refractivity contribution >= 4 is 20.7 Å². The van der Waals surface area contributed by atoms with E-state index < -0.39 is 0 Å². The van der Waals surface area contributed by atoms with Crippen LogP contribution in [0.3, 0.4) is 0 Å². The van der Waals surface area contributed by atoms with Crippen molar-refractivity contribution in [1.29, 1.82) is 0 Å². The van der Waals surface area contributed by atoms with Crippen LogP contribution in [0.4, 0.5) is 0 Å². The van der Waals surface area contributed by atoms with Gasteiger partial charge >= 0.3 is 0 Å². The van der Waals surface area contributed by atoms with E-state index in [0.29, 0.717) is 17.0 Å². The maximum atomic E-state index is 13.6. The third-order valence-corrected chi connectivity index (χ3v) is 8.17. The van der Waals surface area contributed by atoms with E-state index in [9.17, 15) is 9.59 Å². The van der Waals surface area contributed by atoms with Crippen LogP contribution in [0.1, 0.15) is 75.7 Å². The number of piperidine rings is 1. The lowest BCUT2D eigenvalue weighted by molar-refractivity contribution is 0.0187. The molecule has 2 atom stereocenters. The molecule has 1 amide bonds. The van der Waals surface area contributed by atoms with Crippen molar-refractivity contribution in [2.45, 2.75) is 59.0 Å². The molecule has 9 heteroatoms. The van der Waals surface area contributed by atoms with E-state index in [0.717, 1.165) is 80.3 Å². The number of ether oxygens (including phenoxy) is 1. The monoisotopic (exact) mass is 553 g/mol. The minimum atomic E-state index is -0.153. The summed E-state index contributed by atoms with van der Waals surface area (Å²) in [6, 6.07) is 6.34. The fraction of sp³-hybridized carbons (Fsp3) is 0.533. The lowest BCUT2D eigenvalue weighted by atomic mass is 9.92. The number of carbonyl (C=O) groups is 1. The topological polar surface area (TPSA) is 90.9 Å². The number of hydrogen-bond donors (Lipinski definition) is 3. The average molecular weight is 554 g/mol. The molecule has 8 nitrogen and oxygen atoms in total. The molecule has 212 valence electrons. The normalized spacial score (nSPS) is 17.5. The SMILES string of the molecule is CP.Cc1cc(C)c(CNC(=O)c2cc3cc(C4CCNCC4)cn3c(C(C)N3CCOCC3)c2C)c(=O)[nH]1. The Balaban J connectivity index is 0.00000172. The number of aromatic nitrogens is 2. The van der Waals surface area contributed by atoms with Gasteiger partial charge < -0.3 is 24.8 Å². The van der Waals surface area contributed by atoms with Crippen LogP contribution in [0.5, 0.6) is 0 Å². The van der Waals surface area contributed by atoms with Gasteiger partial charge in [-0.25, -0.2) is 0 Å². The Morgan fingerprint density at radius 3 is 2.49 bits per heavy atom. The predicted octanol–water partition coefficient (Wildman–Crippen LogP) is 3.83. The molecule has 0 bridgehead atoms. The maximum Gasteiger partial charge on any atom is 0.253 e. The van der Waals surface area contributed by atoms with Gasteiger partial charge in [-0.3, -0.25) is 14.5 Å². The van der Waals surface area contributed by atoms with Crippen molar-refractivity contribution in [3.63, 3.8) is 0 Å². The predicted molar refractivity (Wildman–Crippen MR) is 161 cm³/mol. The summed E-state index contributed by atoms with van der Waals surface area (Å²) in [7, 11) is 2.42. The molecule has 2 unspecified atom stereocenters. The number of nitrogens with zero attached hydrogens (tertiary/aromatic N) is 2. The zero-order chi connectivity index (χ0) is 28.1. The van der Waals surface area contributed by atoms with Gasteiger partial charge in [-0.2, -0.15) is 0 Å². The van der Waals surface area contributed by atoms with Gasteiger partial charge in [0.05, 0.1) is 13.2 Å². The number of aryl methyl sites for hydroxylation is 2. The number of fused-ring (bicyclic) bond motifs is 1. The Morgan fingerprint density at radius 1 is 1.13 bits per heavy atom. The molecule has 39 heavy (non-hydrogen) atoms. The van der Waals surface area contributed by atoms with E-state index in [-0.39, 0.29) is 24.1 Å². The van der Waals surface area contributed by atoms with E-state index in [4.69, 9.17) is 4.74 Å². The van der Waals surface area contributed by atoms with Gasteiger partial charge in [-0.1, -0.05) is 6.66 Å². The molecular weight excluding hydrogens is 509 g/mol. The minimum absolute atomic E-state index is 0.134. The van der Waals surface area contributed by atoms with Crippen molar-refractivity contribution in [3.8, 4) is 0 Å². The summed E-state index contributed by atoms with van der Waals surface area (Å²) in [5.41, 5.74) is 7.32. The molecule has 0 spiro atoms. The summed E-state index contributed by atoms with van der Waals surface area (Å²) in [5, 5.41) is 6.49. The summed E-state index contributed by atoms with van der Waals surface area (Å²) < 4.78 is 7.91. The standard InChI is InChI=1S/C29H39N5O3.CH5P/c1-18-13-19(2)32-29(36)26(18)16-31-28(35)25-15-24-14-23(22-5-7-30-8-6-22)17-34(24)27(20(25)3)21(4)33-9-11-37-12-10-33;1-2/h13-15,17,21-22,30H,5-12,16H2,1-4H3,(H,31,35)(H,32,36);2H2,1H3. The lowest BCUT2D eigenvalue weighted by Gasteiger charge is -2.34. The molecule has 5 rings (SSSR count). The van der Waals surface area contributed by atoms with Crippen LogP contribution in [0, 0.1) is 20.8 Å². The number of amides is 1. The van der Waals surface area contributed by atoms with Crippen LogP contribution in [0.25, 0.3) is 5.52 Å². The second-order valence-corrected chi connectivity index (χ2v) is 10.6. The van der Waals surface area contributed by atoms with Crippen LogP contribution < -0.4 is 16.2 Å². The Hall–Kier alpha value is -2.51. The highest BCUT2D eigenvalue weighted by molar-refractivity contribution is 7.15. The maximum absolute atomic E-state index is 13.6. The molecule has 3 aromatic heterocycles. The highest BCUT2D eigenvalue weighted by Crippen LogP contribution is 2.33. The number of hydrogen-bond acceptors (Lipinski definition) is 5. The summed E-state index contributed by atoms with van der Waals surface area (Å²) in [6.45, 7) is 15.4. The van der Waals surface area contributed by atoms with Gasteiger partial charge in [0.15, 0.2) is 0 Å². The van der Waals surface area contributed by atoms with Gasteiger partial charge in [0, 0.05) is 59.9 Å². The van der Waals surface area contributed by atoms with E-state index in [1.165, 1.54) is 5.56 Å². The Morgan fingerprint density at radius 2 is 1.82 bits per heavy atom. The van der Waals surface area contributed by atoms with E-state index in [1.807, 2.05) is 32.6 Å². The van der Waals surface area contributed by atoms with Crippen LogP contribution >= 0.6 is 9.24 Å². The van der Waals surface area contributed by atoms with Gasteiger partial charge in [0.25, 0.3) is 11.5 Å². The molecule has 0 radical (unpaired) electrons. The summed E-state index contributed by atoms with van der Waals surface area (Å²) in [4.78, 5) is 31.3. The number of morpholine rings is 1. The zero-order valence-corrected chi connectivity index (χ0v) is 25.2. The fourth-order valence-electron chi connectivity index (χ4n) is 6.03. The smallest absolute Gasteiger partial charge is 0.253 e. The Bertz CT molecular complexity index is 1350.